The van der Waals surface area contributed by atoms with Crippen LogP contribution in [-0.2, 0) is 6.54 Å². The third-order valence-electron chi connectivity index (χ3n) is 3.98. The number of benzene rings is 2. The molecule has 0 saturated carbocycles. The van der Waals surface area contributed by atoms with Gasteiger partial charge in [-0.1, -0.05) is 41.9 Å². The molecule has 24 heavy (non-hydrogen) atoms. The Morgan fingerprint density at radius 1 is 1.04 bits per heavy atom. The first-order valence-corrected chi connectivity index (χ1v) is 8.98. The Bertz CT molecular complexity index is 858. The minimum absolute atomic E-state index is 0.0126. The molecule has 0 spiro atoms. The fourth-order valence-electron chi connectivity index (χ4n) is 2.55. The van der Waals surface area contributed by atoms with Crippen LogP contribution in [0.25, 0.3) is 0 Å². The van der Waals surface area contributed by atoms with E-state index in [1.54, 1.807) is 16.2 Å². The van der Waals surface area contributed by atoms with Gasteiger partial charge >= 0.3 is 0 Å². The highest BCUT2D eigenvalue weighted by molar-refractivity contribution is 7.09. The summed E-state index contributed by atoms with van der Waals surface area (Å²) >= 11 is 7.93. The lowest BCUT2D eigenvalue weighted by Crippen LogP contribution is -2.30. The van der Waals surface area contributed by atoms with Crippen LogP contribution in [0.15, 0.2) is 60.0 Å². The lowest BCUT2D eigenvalue weighted by molar-refractivity contribution is 0.0985. The third kappa shape index (κ3) is 3.53. The van der Waals surface area contributed by atoms with Crippen LogP contribution in [0.3, 0.4) is 0 Å². The van der Waals surface area contributed by atoms with Crippen molar-refractivity contribution in [2.75, 3.05) is 4.90 Å². The molecule has 0 aliphatic rings. The van der Waals surface area contributed by atoms with Crippen LogP contribution in [0.4, 0.5) is 5.69 Å². The summed E-state index contributed by atoms with van der Waals surface area (Å²) in [4.78, 5) is 16.1. The first-order chi connectivity index (χ1) is 11.6. The number of thiophene rings is 1. The van der Waals surface area contributed by atoms with Gasteiger partial charge in [-0.15, -0.1) is 11.3 Å². The molecule has 0 unspecified atom stereocenters. The number of halogens is 1. The summed E-state index contributed by atoms with van der Waals surface area (Å²) in [6, 6.07) is 17.5. The molecule has 0 aliphatic heterocycles. The average molecular weight is 356 g/mol. The third-order valence-corrected chi connectivity index (χ3v) is 5.25. The first kappa shape index (κ1) is 16.7. The predicted molar refractivity (Wildman–Crippen MR) is 102 cm³/mol. The monoisotopic (exact) mass is 355 g/mol. The van der Waals surface area contributed by atoms with E-state index in [0.29, 0.717) is 17.1 Å². The summed E-state index contributed by atoms with van der Waals surface area (Å²) in [5.74, 6) is -0.0126. The summed E-state index contributed by atoms with van der Waals surface area (Å²) in [6.07, 6.45) is 0. The van der Waals surface area contributed by atoms with Crippen molar-refractivity contribution in [1.29, 1.82) is 0 Å². The number of nitrogens with zero attached hydrogens (tertiary/aromatic N) is 1. The molecule has 3 aromatic rings. The number of anilines is 1. The highest BCUT2D eigenvalue weighted by atomic mass is 35.5. The standard InChI is InChI=1S/C20H18ClNOS/c1-14-6-3-4-8-18(14)20(23)22(13-17-7-5-11-24-17)16-10-9-15(2)19(21)12-16/h3-12H,13H2,1-2H3. The van der Waals surface area contributed by atoms with E-state index in [4.69, 9.17) is 11.6 Å². The molecule has 0 fully saturated rings. The smallest absolute Gasteiger partial charge is 0.258 e. The minimum atomic E-state index is -0.0126. The van der Waals surface area contributed by atoms with Crippen LogP contribution in [0.1, 0.15) is 26.4 Å². The molecule has 2 aromatic carbocycles. The van der Waals surface area contributed by atoms with Gasteiger partial charge < -0.3 is 4.90 Å². The molecule has 0 N–H and O–H groups in total. The second kappa shape index (κ2) is 7.20. The number of carbonyl (C=O) groups excluding carboxylic acids is 1. The van der Waals surface area contributed by atoms with Crippen LogP contribution < -0.4 is 4.90 Å². The van der Waals surface area contributed by atoms with Crippen LogP contribution in [-0.4, -0.2) is 5.91 Å². The summed E-state index contributed by atoms with van der Waals surface area (Å²) in [7, 11) is 0. The normalized spacial score (nSPS) is 10.6. The molecule has 1 heterocycles. The fraction of sp³-hybridized carbons (Fsp3) is 0.150. The Morgan fingerprint density at radius 2 is 1.83 bits per heavy atom. The minimum Gasteiger partial charge on any atom is -0.303 e. The van der Waals surface area contributed by atoms with E-state index < -0.39 is 0 Å². The van der Waals surface area contributed by atoms with Crippen molar-refractivity contribution in [2.45, 2.75) is 20.4 Å². The Labute approximate surface area is 151 Å². The lowest BCUT2D eigenvalue weighted by Gasteiger charge is -2.24. The van der Waals surface area contributed by atoms with E-state index in [9.17, 15) is 4.79 Å². The van der Waals surface area contributed by atoms with Gasteiger partial charge in [0.15, 0.2) is 0 Å². The van der Waals surface area contributed by atoms with Crippen LogP contribution in [0.5, 0.6) is 0 Å². The van der Waals surface area contributed by atoms with E-state index >= 15 is 0 Å². The largest absolute Gasteiger partial charge is 0.303 e. The number of aryl methyl sites for hydroxylation is 2. The topological polar surface area (TPSA) is 20.3 Å². The summed E-state index contributed by atoms with van der Waals surface area (Å²) in [5.41, 5.74) is 3.50. The van der Waals surface area contributed by atoms with Gasteiger partial charge in [0.05, 0.1) is 6.54 Å². The van der Waals surface area contributed by atoms with Crippen molar-refractivity contribution in [3.8, 4) is 0 Å². The van der Waals surface area contributed by atoms with Crippen molar-refractivity contribution in [2.24, 2.45) is 0 Å². The van der Waals surface area contributed by atoms with Gasteiger partial charge in [-0.05, 0) is 54.6 Å². The number of hydrogen-bond donors (Lipinski definition) is 0. The van der Waals surface area contributed by atoms with Crippen molar-refractivity contribution in [3.63, 3.8) is 0 Å². The molecule has 0 radical (unpaired) electrons. The Morgan fingerprint density at radius 3 is 2.50 bits per heavy atom. The van der Waals surface area contributed by atoms with E-state index in [0.717, 1.165) is 21.7 Å². The predicted octanol–water partition coefficient (Wildman–Crippen LogP) is 5.87. The van der Waals surface area contributed by atoms with E-state index in [1.165, 1.54) is 0 Å². The number of carbonyl (C=O) groups is 1. The molecular weight excluding hydrogens is 338 g/mol. The second-order valence-electron chi connectivity index (χ2n) is 5.72. The summed E-state index contributed by atoms with van der Waals surface area (Å²) < 4.78 is 0. The lowest BCUT2D eigenvalue weighted by atomic mass is 10.1. The molecule has 3 rings (SSSR count). The molecule has 0 bridgehead atoms. The number of amides is 1. The molecule has 0 saturated heterocycles. The fourth-order valence-corrected chi connectivity index (χ4v) is 3.41. The molecule has 0 aliphatic carbocycles. The van der Waals surface area contributed by atoms with Crippen LogP contribution in [0, 0.1) is 13.8 Å². The van der Waals surface area contributed by atoms with Gasteiger partial charge in [-0.3, -0.25) is 4.79 Å². The second-order valence-corrected chi connectivity index (χ2v) is 7.16. The van der Waals surface area contributed by atoms with Gasteiger partial charge in [-0.2, -0.15) is 0 Å². The Kier molecular flexibility index (Phi) is 5.03. The van der Waals surface area contributed by atoms with E-state index in [1.807, 2.05) is 73.8 Å². The summed E-state index contributed by atoms with van der Waals surface area (Å²) in [6.45, 7) is 4.45. The molecule has 2 nitrogen and oxygen atoms in total. The van der Waals surface area contributed by atoms with Gasteiger partial charge in [0.1, 0.15) is 0 Å². The Balaban J connectivity index is 2.02. The average Bonchev–Trinajstić information content (AvgIpc) is 3.08. The molecule has 122 valence electrons. The maximum absolute atomic E-state index is 13.2. The van der Waals surface area contributed by atoms with Crippen LogP contribution in [0.2, 0.25) is 5.02 Å². The molecule has 1 aromatic heterocycles. The zero-order valence-electron chi connectivity index (χ0n) is 13.6. The molecule has 1 amide bonds. The van der Waals surface area contributed by atoms with Crippen molar-refractivity contribution in [1.82, 2.24) is 0 Å². The van der Waals surface area contributed by atoms with Crippen molar-refractivity contribution in [3.05, 3.63) is 86.6 Å². The SMILES string of the molecule is Cc1ccc(N(Cc2cccs2)C(=O)c2ccccc2C)cc1Cl. The highest BCUT2D eigenvalue weighted by Gasteiger charge is 2.20. The van der Waals surface area contributed by atoms with Gasteiger partial charge in [0.25, 0.3) is 5.91 Å². The molecule has 0 atom stereocenters. The Hall–Kier alpha value is -2.10. The highest BCUT2D eigenvalue weighted by Crippen LogP contribution is 2.27. The molecular formula is C20H18ClNOS. The maximum Gasteiger partial charge on any atom is 0.258 e. The summed E-state index contributed by atoms with van der Waals surface area (Å²) in [5, 5.41) is 2.69. The van der Waals surface area contributed by atoms with Crippen LogP contribution >= 0.6 is 22.9 Å². The number of rotatable bonds is 4. The zero-order chi connectivity index (χ0) is 17.1. The first-order valence-electron chi connectivity index (χ1n) is 7.72. The zero-order valence-corrected chi connectivity index (χ0v) is 15.2. The maximum atomic E-state index is 13.2. The van der Waals surface area contributed by atoms with Crippen molar-refractivity contribution < 1.29 is 4.79 Å². The van der Waals surface area contributed by atoms with Crippen molar-refractivity contribution >= 4 is 34.5 Å². The van der Waals surface area contributed by atoms with E-state index in [2.05, 4.69) is 0 Å². The van der Waals surface area contributed by atoms with Gasteiger partial charge in [0.2, 0.25) is 0 Å². The number of hydrogen-bond acceptors (Lipinski definition) is 2. The van der Waals surface area contributed by atoms with E-state index in [-0.39, 0.29) is 5.91 Å². The van der Waals surface area contributed by atoms with Gasteiger partial charge in [-0.25, -0.2) is 0 Å². The molecule has 4 heteroatoms. The quantitative estimate of drug-likeness (QED) is 0.573. The van der Waals surface area contributed by atoms with Gasteiger partial charge in [0, 0.05) is 21.2 Å².